The second-order valence-corrected chi connectivity index (χ2v) is 6.10. The molecule has 0 aliphatic rings. The number of nitrogens with zero attached hydrogens (tertiary/aromatic N) is 1. The molecule has 1 heterocycles. The molecule has 0 spiro atoms. The van der Waals surface area contributed by atoms with Crippen molar-refractivity contribution in [2.45, 2.75) is 13.0 Å². The van der Waals surface area contributed by atoms with E-state index in [1.165, 1.54) is 0 Å². The summed E-state index contributed by atoms with van der Waals surface area (Å²) in [5.41, 5.74) is 2.19. The quantitative estimate of drug-likeness (QED) is 0.784. The fraction of sp³-hybridized carbons (Fsp3) is 0.211. The van der Waals surface area contributed by atoms with E-state index in [9.17, 15) is 9.90 Å². The first kappa shape index (κ1) is 16.6. The summed E-state index contributed by atoms with van der Waals surface area (Å²) >= 11 is 6.35. The predicted molar refractivity (Wildman–Crippen MR) is 96.8 cm³/mol. The van der Waals surface area contributed by atoms with Crippen LogP contribution >= 0.6 is 11.6 Å². The van der Waals surface area contributed by atoms with E-state index in [1.54, 1.807) is 30.7 Å². The van der Waals surface area contributed by atoms with Crippen molar-refractivity contribution in [1.82, 2.24) is 4.57 Å². The molecule has 3 rings (SSSR count). The van der Waals surface area contributed by atoms with Gasteiger partial charge in [-0.05, 0) is 18.6 Å². The largest absolute Gasteiger partial charge is 0.497 e. The standard InChI is InChI=1S/C19H18ClNO3/c1-11(22)18-16(12-7-5-4-6-8-12)19(23)17-14(20)9-13(24-3)10-15(17)21(18)2/h4-11,22H,1-3H3/t11-/m1/s1. The van der Waals surface area contributed by atoms with Gasteiger partial charge in [0.25, 0.3) is 0 Å². The van der Waals surface area contributed by atoms with Crippen LogP contribution in [0.15, 0.2) is 47.3 Å². The van der Waals surface area contributed by atoms with Crippen molar-refractivity contribution in [3.8, 4) is 16.9 Å². The summed E-state index contributed by atoms with van der Waals surface area (Å²) in [6, 6.07) is 12.7. The molecule has 4 nitrogen and oxygen atoms in total. The Balaban J connectivity index is 2.53. The number of hydrogen-bond acceptors (Lipinski definition) is 3. The maximum absolute atomic E-state index is 13.2. The Morgan fingerprint density at radius 3 is 2.46 bits per heavy atom. The molecule has 0 aliphatic carbocycles. The number of methoxy groups -OCH3 is 1. The number of aliphatic hydroxyl groups is 1. The summed E-state index contributed by atoms with van der Waals surface area (Å²) in [4.78, 5) is 13.2. The van der Waals surface area contributed by atoms with E-state index < -0.39 is 6.10 Å². The average molecular weight is 344 g/mol. The van der Waals surface area contributed by atoms with Gasteiger partial charge in [-0.25, -0.2) is 0 Å². The van der Waals surface area contributed by atoms with E-state index in [1.807, 2.05) is 37.4 Å². The van der Waals surface area contributed by atoms with Crippen LogP contribution in [0.4, 0.5) is 0 Å². The zero-order chi connectivity index (χ0) is 17.4. The van der Waals surface area contributed by atoms with Crippen LogP contribution in [0.2, 0.25) is 5.02 Å². The highest BCUT2D eigenvalue weighted by atomic mass is 35.5. The van der Waals surface area contributed by atoms with Gasteiger partial charge in [0, 0.05) is 13.1 Å². The van der Waals surface area contributed by atoms with E-state index in [0.717, 1.165) is 5.56 Å². The van der Waals surface area contributed by atoms with Gasteiger partial charge in [-0.2, -0.15) is 0 Å². The number of aliphatic hydroxyl groups excluding tert-OH is 1. The highest BCUT2D eigenvalue weighted by Crippen LogP contribution is 2.33. The van der Waals surface area contributed by atoms with E-state index >= 15 is 0 Å². The summed E-state index contributed by atoms with van der Waals surface area (Å²) < 4.78 is 7.05. The van der Waals surface area contributed by atoms with E-state index in [-0.39, 0.29) is 5.43 Å². The lowest BCUT2D eigenvalue weighted by molar-refractivity contribution is 0.191. The van der Waals surface area contributed by atoms with Crippen LogP contribution in [0.1, 0.15) is 18.7 Å². The molecule has 124 valence electrons. The first-order valence-electron chi connectivity index (χ1n) is 7.59. The Bertz CT molecular complexity index is 962. The van der Waals surface area contributed by atoms with Crippen molar-refractivity contribution >= 4 is 22.5 Å². The zero-order valence-electron chi connectivity index (χ0n) is 13.7. The number of hydrogen-bond donors (Lipinski definition) is 1. The molecule has 0 saturated carbocycles. The Morgan fingerprint density at radius 2 is 1.88 bits per heavy atom. The van der Waals surface area contributed by atoms with Gasteiger partial charge in [0.1, 0.15) is 5.75 Å². The lowest BCUT2D eigenvalue weighted by Crippen LogP contribution is -2.18. The van der Waals surface area contributed by atoms with E-state index in [0.29, 0.717) is 32.9 Å². The van der Waals surface area contributed by atoms with Crippen LogP contribution < -0.4 is 10.2 Å². The number of benzene rings is 2. The minimum atomic E-state index is -0.813. The highest BCUT2D eigenvalue weighted by Gasteiger charge is 2.21. The SMILES string of the molecule is COc1cc(Cl)c2c(=O)c(-c3ccccc3)c([C@@H](C)O)n(C)c2c1. The number of aryl methyl sites for hydroxylation is 1. The smallest absolute Gasteiger partial charge is 0.199 e. The Labute approximate surface area is 144 Å². The molecule has 1 atom stereocenters. The maximum Gasteiger partial charge on any atom is 0.199 e. The van der Waals surface area contributed by atoms with Crippen LogP contribution in [0.5, 0.6) is 5.75 Å². The molecule has 0 aliphatic heterocycles. The fourth-order valence-corrected chi connectivity index (χ4v) is 3.38. The molecule has 5 heteroatoms. The monoisotopic (exact) mass is 343 g/mol. The van der Waals surface area contributed by atoms with Crippen molar-refractivity contribution in [2.24, 2.45) is 7.05 Å². The molecule has 24 heavy (non-hydrogen) atoms. The highest BCUT2D eigenvalue weighted by molar-refractivity contribution is 6.35. The van der Waals surface area contributed by atoms with Crippen LogP contribution in [0.3, 0.4) is 0 Å². The normalized spacial score (nSPS) is 12.4. The molecule has 0 bridgehead atoms. The predicted octanol–water partition coefficient (Wildman–Crippen LogP) is 3.92. The first-order valence-corrected chi connectivity index (χ1v) is 7.97. The third kappa shape index (κ3) is 2.58. The Morgan fingerprint density at radius 1 is 1.21 bits per heavy atom. The Kier molecular flexibility index (Phi) is 4.35. The number of ether oxygens (including phenoxy) is 1. The summed E-state index contributed by atoms with van der Waals surface area (Å²) in [7, 11) is 3.36. The van der Waals surface area contributed by atoms with Gasteiger partial charge >= 0.3 is 0 Å². The topological polar surface area (TPSA) is 51.5 Å². The van der Waals surface area contributed by atoms with E-state index in [4.69, 9.17) is 16.3 Å². The van der Waals surface area contributed by atoms with Gasteiger partial charge in [0.15, 0.2) is 5.43 Å². The van der Waals surface area contributed by atoms with Crippen molar-refractivity contribution < 1.29 is 9.84 Å². The van der Waals surface area contributed by atoms with Gasteiger partial charge in [-0.3, -0.25) is 4.79 Å². The van der Waals surface area contributed by atoms with E-state index in [2.05, 4.69) is 0 Å². The molecule has 2 aromatic carbocycles. The second-order valence-electron chi connectivity index (χ2n) is 5.69. The lowest BCUT2D eigenvalue weighted by Gasteiger charge is -2.20. The minimum Gasteiger partial charge on any atom is -0.497 e. The summed E-state index contributed by atoms with van der Waals surface area (Å²) in [5, 5.41) is 11.1. The molecular formula is C19H18ClNO3. The van der Waals surface area contributed by atoms with Gasteiger partial charge in [0.2, 0.25) is 0 Å². The maximum atomic E-state index is 13.2. The fourth-order valence-electron chi connectivity index (χ4n) is 3.09. The van der Waals surface area contributed by atoms with Gasteiger partial charge in [0.05, 0.1) is 40.4 Å². The number of fused-ring (bicyclic) bond motifs is 1. The molecule has 3 aromatic rings. The molecular weight excluding hydrogens is 326 g/mol. The molecule has 0 fully saturated rings. The van der Waals surface area contributed by atoms with Gasteiger partial charge < -0.3 is 14.4 Å². The summed E-state index contributed by atoms with van der Waals surface area (Å²) in [6.45, 7) is 1.65. The number of pyridine rings is 1. The zero-order valence-corrected chi connectivity index (χ0v) is 14.5. The number of aromatic nitrogens is 1. The van der Waals surface area contributed by atoms with Crippen molar-refractivity contribution in [2.75, 3.05) is 7.11 Å². The van der Waals surface area contributed by atoms with Crippen molar-refractivity contribution in [3.63, 3.8) is 0 Å². The van der Waals surface area contributed by atoms with Crippen molar-refractivity contribution in [1.29, 1.82) is 0 Å². The summed E-state index contributed by atoms with van der Waals surface area (Å²) in [6.07, 6.45) is -0.813. The molecule has 0 radical (unpaired) electrons. The second kappa shape index (κ2) is 6.30. The van der Waals surface area contributed by atoms with Gasteiger partial charge in [-0.15, -0.1) is 0 Å². The van der Waals surface area contributed by atoms with Crippen LogP contribution in [0, 0.1) is 0 Å². The lowest BCUT2D eigenvalue weighted by atomic mass is 9.97. The molecule has 1 aromatic heterocycles. The summed E-state index contributed by atoms with van der Waals surface area (Å²) in [5.74, 6) is 0.562. The van der Waals surface area contributed by atoms with Crippen LogP contribution in [0.25, 0.3) is 22.0 Å². The third-order valence-electron chi connectivity index (χ3n) is 4.17. The number of halogens is 1. The van der Waals surface area contributed by atoms with Gasteiger partial charge in [-0.1, -0.05) is 41.9 Å². The third-order valence-corrected chi connectivity index (χ3v) is 4.47. The van der Waals surface area contributed by atoms with Crippen LogP contribution in [-0.4, -0.2) is 16.8 Å². The van der Waals surface area contributed by atoms with Crippen molar-refractivity contribution in [3.05, 3.63) is 63.4 Å². The number of rotatable bonds is 3. The minimum absolute atomic E-state index is 0.196. The molecule has 0 unspecified atom stereocenters. The first-order chi connectivity index (χ1) is 11.5. The molecule has 1 N–H and O–H groups in total. The van der Waals surface area contributed by atoms with Crippen LogP contribution in [-0.2, 0) is 7.05 Å². The average Bonchev–Trinajstić information content (AvgIpc) is 2.57. The Hall–Kier alpha value is -2.30. The molecule has 0 amide bonds. The molecule has 0 saturated heterocycles.